The minimum absolute atomic E-state index is 0. The van der Waals surface area contributed by atoms with E-state index in [1.54, 1.807) is 11.3 Å². The molecule has 5 rings (SSSR count). The zero-order valence-corrected chi connectivity index (χ0v) is 30.8. The van der Waals surface area contributed by atoms with Gasteiger partial charge in [-0.25, -0.2) is 0 Å². The number of allylic oxidation sites excluding steroid dienone is 2. The maximum atomic E-state index is 11.7. The van der Waals surface area contributed by atoms with Crippen LogP contribution in [0.1, 0.15) is 79.7 Å². The predicted molar refractivity (Wildman–Crippen MR) is 189 cm³/mol. The molecule has 0 saturated carbocycles. The Kier molecular flexibility index (Phi) is 13.3. The average molecular weight is 797 g/mol. The largest absolute Gasteiger partial charge is 0.512 e. The Hall–Kier alpha value is -3.11. The molecule has 2 heterocycles. The number of nitrogens with zero attached hydrogens (tertiary/aromatic N) is 1. The summed E-state index contributed by atoms with van der Waals surface area (Å²) in [6.45, 7) is 14.9. The first-order chi connectivity index (χ1) is 21.1. The molecule has 0 aliphatic rings. The van der Waals surface area contributed by atoms with Crippen molar-refractivity contribution < 1.29 is 30.0 Å². The van der Waals surface area contributed by atoms with Crippen LogP contribution in [0.15, 0.2) is 90.1 Å². The summed E-state index contributed by atoms with van der Waals surface area (Å²) in [5.41, 5.74) is 5.85. The number of rotatable bonds is 9. The fourth-order valence-corrected chi connectivity index (χ4v) is 6.67. The van der Waals surface area contributed by atoms with Crippen LogP contribution < -0.4 is 0 Å². The Bertz CT molecular complexity index is 1740. The van der Waals surface area contributed by atoms with Gasteiger partial charge in [0.05, 0.1) is 5.76 Å². The first-order valence-corrected chi connectivity index (χ1v) is 16.8. The van der Waals surface area contributed by atoms with Crippen molar-refractivity contribution in [1.82, 2.24) is 4.98 Å². The van der Waals surface area contributed by atoms with Crippen LogP contribution in [-0.4, -0.2) is 15.9 Å². The number of pyridine rings is 1. The van der Waals surface area contributed by atoms with Crippen LogP contribution in [0.3, 0.4) is 0 Å². The van der Waals surface area contributed by atoms with Crippen molar-refractivity contribution in [3.05, 3.63) is 102 Å². The van der Waals surface area contributed by atoms with E-state index in [0.29, 0.717) is 0 Å². The van der Waals surface area contributed by atoms with Crippen molar-refractivity contribution >= 4 is 38.0 Å². The molecule has 1 N–H and O–H groups in total. The summed E-state index contributed by atoms with van der Waals surface area (Å²) < 4.78 is 1.32. The number of aliphatic hydroxyl groups excluding tert-OH is 1. The Morgan fingerprint density at radius 1 is 0.911 bits per heavy atom. The van der Waals surface area contributed by atoms with Crippen LogP contribution in [0, 0.1) is 17.9 Å². The van der Waals surface area contributed by atoms with Gasteiger partial charge in [0, 0.05) is 54.6 Å². The normalized spacial score (nSPS) is 11.9. The number of thiophene rings is 1. The minimum Gasteiger partial charge on any atom is -0.512 e. The molecule has 0 fully saturated rings. The van der Waals surface area contributed by atoms with Gasteiger partial charge in [-0.1, -0.05) is 102 Å². The first kappa shape index (κ1) is 36.4. The number of fused-ring (bicyclic) bond motifs is 2. The van der Waals surface area contributed by atoms with Gasteiger partial charge in [-0.15, -0.1) is 40.5 Å². The predicted octanol–water partition coefficient (Wildman–Crippen LogP) is 11.7. The van der Waals surface area contributed by atoms with E-state index in [0.717, 1.165) is 42.3 Å². The molecule has 0 bridgehead atoms. The number of carbonyl (C=O) groups is 1. The number of hydrogen-bond acceptors (Lipinski definition) is 4. The van der Waals surface area contributed by atoms with Crippen LogP contribution in [0.2, 0.25) is 0 Å². The van der Waals surface area contributed by atoms with Crippen molar-refractivity contribution in [1.29, 1.82) is 0 Å². The van der Waals surface area contributed by atoms with Crippen molar-refractivity contribution in [3.63, 3.8) is 0 Å². The Balaban J connectivity index is 0.000000297. The maximum absolute atomic E-state index is 11.7. The van der Waals surface area contributed by atoms with Gasteiger partial charge in [-0.2, -0.15) is 0 Å². The monoisotopic (exact) mass is 797 g/mol. The number of carbonyl (C=O) groups excluding carboxylic acids is 1. The minimum atomic E-state index is 0. The Labute approximate surface area is 287 Å². The Morgan fingerprint density at radius 3 is 2.27 bits per heavy atom. The molecule has 45 heavy (non-hydrogen) atoms. The summed E-state index contributed by atoms with van der Waals surface area (Å²) in [7, 11) is 0. The summed E-state index contributed by atoms with van der Waals surface area (Å²) in [5.74, 6) is 0.547. The third-order valence-corrected chi connectivity index (χ3v) is 9.45. The van der Waals surface area contributed by atoms with Crippen molar-refractivity contribution in [3.8, 4) is 22.4 Å². The molecule has 3 nitrogen and oxygen atoms in total. The molecule has 5 heteroatoms. The van der Waals surface area contributed by atoms with Crippen LogP contribution in [0.25, 0.3) is 43.2 Å². The van der Waals surface area contributed by atoms with E-state index in [2.05, 4.69) is 98.9 Å². The SMILES string of the molecule is CC(C)(C)c1cc(-c2cc(-c3cccc4ccsc34)ccn2)[c-]c2ccccc12.CCC(CC)C(=O)/C=C(\O)C(CC)CC.[Ir]. The number of ketones is 1. The average Bonchev–Trinajstić information content (AvgIpc) is 3.51. The molecule has 0 unspecified atom stereocenters. The van der Waals surface area contributed by atoms with E-state index >= 15 is 0 Å². The van der Waals surface area contributed by atoms with Gasteiger partial charge in [-0.05, 0) is 65.1 Å². The summed E-state index contributed by atoms with van der Waals surface area (Å²) in [6, 6.07) is 27.4. The summed E-state index contributed by atoms with van der Waals surface area (Å²) in [4.78, 5) is 16.4. The van der Waals surface area contributed by atoms with Gasteiger partial charge in [0.2, 0.25) is 0 Å². The topological polar surface area (TPSA) is 50.2 Å². The number of aromatic nitrogens is 1. The van der Waals surface area contributed by atoms with Crippen molar-refractivity contribution in [2.45, 2.75) is 79.6 Å². The van der Waals surface area contributed by atoms with Crippen LogP contribution in [0.4, 0.5) is 0 Å². The molecular formula is C40H46IrNO2S-. The van der Waals surface area contributed by atoms with E-state index in [1.807, 2.05) is 33.9 Å². The third kappa shape index (κ3) is 8.79. The summed E-state index contributed by atoms with van der Waals surface area (Å²) in [6.07, 6.45) is 6.82. The number of hydrogen-bond donors (Lipinski definition) is 1. The fourth-order valence-electron chi connectivity index (χ4n) is 5.73. The molecule has 0 saturated heterocycles. The molecule has 1 radical (unpaired) electrons. The zero-order chi connectivity index (χ0) is 31.9. The smallest absolute Gasteiger partial charge is 0.162 e. The molecule has 5 aromatic rings. The second-order valence-corrected chi connectivity index (χ2v) is 13.4. The van der Waals surface area contributed by atoms with Crippen LogP contribution >= 0.6 is 11.3 Å². The quantitative estimate of drug-likeness (QED) is 0.0918. The standard InChI is InChI=1S/C27H22NS.C13H24O2.Ir/c1-27(2,3)24-16-21(15-19-7-4-5-9-22(19)24)25-17-20(11-13-28-25)23-10-6-8-18-12-14-29-26(18)23;1-5-10(6-2)12(14)9-13(15)11(7-3)8-4;/h4-14,16-17H,1-3H3;9-11,14H,5-8H2,1-4H3;/q-1;;/b;12-9-;. The zero-order valence-electron chi connectivity index (χ0n) is 27.6. The summed E-state index contributed by atoms with van der Waals surface area (Å²) in [5, 5.41) is 15.6. The molecule has 239 valence electrons. The molecule has 0 atom stereocenters. The molecular weight excluding hydrogens is 751 g/mol. The van der Waals surface area contributed by atoms with Crippen LogP contribution in [0.5, 0.6) is 0 Å². The molecule has 0 spiro atoms. The van der Waals surface area contributed by atoms with Crippen molar-refractivity contribution in [2.75, 3.05) is 0 Å². The molecule has 0 aliphatic carbocycles. The molecule has 3 aromatic carbocycles. The maximum Gasteiger partial charge on any atom is 0.162 e. The van der Waals surface area contributed by atoms with E-state index in [1.165, 1.54) is 38.2 Å². The fraction of sp³-hybridized carbons (Fsp3) is 0.350. The van der Waals surface area contributed by atoms with Gasteiger partial charge in [0.15, 0.2) is 5.78 Å². The van der Waals surface area contributed by atoms with E-state index in [-0.39, 0.29) is 48.9 Å². The van der Waals surface area contributed by atoms with E-state index < -0.39 is 0 Å². The number of benzene rings is 3. The van der Waals surface area contributed by atoms with Crippen molar-refractivity contribution in [2.24, 2.45) is 11.8 Å². The van der Waals surface area contributed by atoms with Gasteiger partial charge in [-0.3, -0.25) is 9.78 Å². The summed E-state index contributed by atoms with van der Waals surface area (Å²) >= 11 is 1.79. The third-order valence-electron chi connectivity index (χ3n) is 8.49. The van der Waals surface area contributed by atoms with Gasteiger partial charge >= 0.3 is 0 Å². The van der Waals surface area contributed by atoms with E-state index in [4.69, 9.17) is 4.98 Å². The van der Waals surface area contributed by atoms with Crippen LogP contribution in [-0.2, 0) is 30.3 Å². The molecule has 0 aliphatic heterocycles. The van der Waals surface area contributed by atoms with Gasteiger partial charge in [0.1, 0.15) is 0 Å². The number of aliphatic hydroxyl groups is 1. The first-order valence-electron chi connectivity index (χ1n) is 15.9. The second-order valence-electron chi connectivity index (χ2n) is 12.5. The van der Waals surface area contributed by atoms with Gasteiger partial charge in [0.25, 0.3) is 0 Å². The Morgan fingerprint density at radius 2 is 1.60 bits per heavy atom. The second kappa shape index (κ2) is 16.5. The van der Waals surface area contributed by atoms with E-state index in [9.17, 15) is 9.90 Å². The molecule has 2 aromatic heterocycles. The van der Waals surface area contributed by atoms with Gasteiger partial charge < -0.3 is 5.11 Å². The molecule has 0 amide bonds.